The lowest BCUT2D eigenvalue weighted by molar-refractivity contribution is -0.143. The largest absolute Gasteiger partial charge is 0.334 e. The molecule has 0 atom stereocenters. The molecule has 0 unspecified atom stereocenters. The van der Waals surface area contributed by atoms with E-state index in [1.165, 1.54) is 0 Å². The molecule has 2 amide bonds. The average molecular weight is 405 g/mol. The molecular weight excluding hydrogens is 384 g/mol. The molecule has 1 aromatic carbocycles. The van der Waals surface area contributed by atoms with Gasteiger partial charge in [-0.1, -0.05) is 30.5 Å². The van der Waals surface area contributed by atoms with E-state index in [0.29, 0.717) is 23.9 Å². The lowest BCUT2D eigenvalue weighted by Gasteiger charge is -2.20. The number of hydrogen-bond acceptors (Lipinski definition) is 4. The molecule has 8 heteroatoms. The lowest BCUT2D eigenvalue weighted by atomic mass is 10.2. The van der Waals surface area contributed by atoms with Gasteiger partial charge in [0.15, 0.2) is 0 Å². The van der Waals surface area contributed by atoms with Gasteiger partial charge in [0.1, 0.15) is 5.82 Å². The summed E-state index contributed by atoms with van der Waals surface area (Å²) >= 11 is 7.87. The van der Waals surface area contributed by atoms with Crippen molar-refractivity contribution in [1.29, 1.82) is 0 Å². The minimum absolute atomic E-state index is 0.463. The number of halogens is 1. The van der Waals surface area contributed by atoms with Gasteiger partial charge in [-0.3, -0.25) is 9.59 Å². The van der Waals surface area contributed by atoms with Crippen molar-refractivity contribution in [2.75, 3.05) is 18.4 Å². The maximum Gasteiger partial charge on any atom is 0.315 e. The number of amides is 2. The van der Waals surface area contributed by atoms with Gasteiger partial charge in [-0.15, -0.1) is 0 Å². The summed E-state index contributed by atoms with van der Waals surface area (Å²) in [4.78, 5) is 27.0. The van der Waals surface area contributed by atoms with Gasteiger partial charge in [0, 0.05) is 35.2 Å². The maximum absolute atomic E-state index is 12.7. The Morgan fingerprint density at radius 2 is 1.89 bits per heavy atom. The van der Waals surface area contributed by atoms with E-state index in [0.717, 1.165) is 54.1 Å². The fourth-order valence-electron chi connectivity index (χ4n) is 3.51. The van der Waals surface area contributed by atoms with Crippen LogP contribution in [-0.4, -0.2) is 39.6 Å². The molecule has 2 aliphatic rings. The standard InChI is InChI=1S/C19H21ClN4O2S/c20-13-6-5-7-14(10-13)24-17(15-11-27-12-16(15)22-24)21-18(25)19(26)23-8-3-1-2-4-9-23/h5-7,10H,1-4,8-9,11-12H2,(H,21,25). The molecule has 142 valence electrons. The van der Waals surface area contributed by atoms with E-state index >= 15 is 0 Å². The van der Waals surface area contributed by atoms with E-state index in [-0.39, 0.29) is 0 Å². The molecule has 0 radical (unpaired) electrons. The summed E-state index contributed by atoms with van der Waals surface area (Å²) in [7, 11) is 0. The number of benzene rings is 1. The van der Waals surface area contributed by atoms with E-state index in [4.69, 9.17) is 11.6 Å². The van der Waals surface area contributed by atoms with Gasteiger partial charge >= 0.3 is 11.8 Å². The summed E-state index contributed by atoms with van der Waals surface area (Å²) in [6, 6.07) is 7.31. The van der Waals surface area contributed by atoms with Crippen LogP contribution in [-0.2, 0) is 21.1 Å². The summed E-state index contributed by atoms with van der Waals surface area (Å²) in [6.07, 6.45) is 4.12. The first-order valence-electron chi connectivity index (χ1n) is 9.18. The fourth-order valence-corrected chi connectivity index (χ4v) is 4.73. The molecule has 0 spiro atoms. The molecule has 0 bridgehead atoms. The number of rotatable bonds is 2. The Morgan fingerprint density at radius 1 is 1.11 bits per heavy atom. The van der Waals surface area contributed by atoms with E-state index in [9.17, 15) is 9.59 Å². The molecule has 0 aliphatic carbocycles. The summed E-state index contributed by atoms with van der Waals surface area (Å²) in [5.74, 6) is 1.08. The molecular formula is C19H21ClN4O2S. The summed E-state index contributed by atoms with van der Waals surface area (Å²) in [5.41, 5.74) is 2.69. The van der Waals surface area contributed by atoms with Gasteiger partial charge in [-0.25, -0.2) is 4.68 Å². The van der Waals surface area contributed by atoms with Gasteiger partial charge in [0.2, 0.25) is 0 Å². The van der Waals surface area contributed by atoms with Crippen LogP contribution in [0, 0.1) is 0 Å². The second kappa shape index (κ2) is 7.94. The molecule has 1 saturated heterocycles. The van der Waals surface area contributed by atoms with Crippen LogP contribution < -0.4 is 5.32 Å². The highest BCUT2D eigenvalue weighted by molar-refractivity contribution is 7.98. The molecule has 27 heavy (non-hydrogen) atoms. The number of aromatic nitrogens is 2. The smallest absolute Gasteiger partial charge is 0.315 e. The summed E-state index contributed by atoms with van der Waals surface area (Å²) < 4.78 is 1.68. The van der Waals surface area contributed by atoms with Gasteiger partial charge in [-0.2, -0.15) is 16.9 Å². The Morgan fingerprint density at radius 3 is 2.63 bits per heavy atom. The Hall–Kier alpha value is -1.99. The van der Waals surface area contributed by atoms with Crippen LogP contribution in [0.4, 0.5) is 5.82 Å². The third kappa shape index (κ3) is 3.84. The van der Waals surface area contributed by atoms with Crippen LogP contribution in [0.25, 0.3) is 5.69 Å². The first kappa shape index (κ1) is 18.4. The number of anilines is 1. The quantitative estimate of drug-likeness (QED) is 0.776. The van der Waals surface area contributed by atoms with Crippen molar-refractivity contribution in [1.82, 2.24) is 14.7 Å². The van der Waals surface area contributed by atoms with Gasteiger partial charge in [-0.05, 0) is 31.0 Å². The van der Waals surface area contributed by atoms with Crippen LogP contribution in [0.5, 0.6) is 0 Å². The Labute approximate surface area is 167 Å². The highest BCUT2D eigenvalue weighted by atomic mass is 35.5. The van der Waals surface area contributed by atoms with Crippen molar-refractivity contribution in [2.45, 2.75) is 37.2 Å². The van der Waals surface area contributed by atoms with Crippen molar-refractivity contribution in [3.63, 3.8) is 0 Å². The zero-order valence-electron chi connectivity index (χ0n) is 14.9. The van der Waals surface area contributed by atoms with Crippen molar-refractivity contribution in [3.05, 3.63) is 40.5 Å². The van der Waals surface area contributed by atoms with Gasteiger partial charge in [0.25, 0.3) is 0 Å². The minimum atomic E-state index is -0.597. The minimum Gasteiger partial charge on any atom is -0.334 e. The van der Waals surface area contributed by atoms with Gasteiger partial charge < -0.3 is 10.2 Å². The first-order valence-corrected chi connectivity index (χ1v) is 10.7. The van der Waals surface area contributed by atoms with E-state index in [1.54, 1.807) is 33.5 Å². The molecule has 1 N–H and O–H groups in total. The average Bonchev–Trinajstić information content (AvgIpc) is 3.13. The third-order valence-corrected chi connectivity index (χ3v) is 6.13. The summed E-state index contributed by atoms with van der Waals surface area (Å²) in [5, 5.41) is 8.07. The SMILES string of the molecule is O=C(Nc1c2c(nn1-c1cccc(Cl)c1)CSC2)C(=O)N1CCCCCC1. The molecule has 4 rings (SSSR count). The zero-order chi connectivity index (χ0) is 18.8. The third-order valence-electron chi connectivity index (χ3n) is 4.92. The Kier molecular flexibility index (Phi) is 5.41. The molecule has 0 saturated carbocycles. The van der Waals surface area contributed by atoms with Crippen molar-refractivity contribution in [2.24, 2.45) is 0 Å². The maximum atomic E-state index is 12.7. The second-order valence-corrected chi connectivity index (χ2v) is 8.24. The van der Waals surface area contributed by atoms with E-state index < -0.39 is 11.8 Å². The van der Waals surface area contributed by atoms with Gasteiger partial charge in [0.05, 0.1) is 11.4 Å². The Balaban J connectivity index is 1.61. The van der Waals surface area contributed by atoms with Crippen molar-refractivity contribution in [3.8, 4) is 5.69 Å². The van der Waals surface area contributed by atoms with Crippen LogP contribution in [0.1, 0.15) is 36.9 Å². The molecule has 1 fully saturated rings. The number of nitrogens with one attached hydrogen (secondary N) is 1. The molecule has 3 heterocycles. The van der Waals surface area contributed by atoms with E-state index in [2.05, 4.69) is 10.4 Å². The van der Waals surface area contributed by atoms with Crippen LogP contribution in [0.2, 0.25) is 5.02 Å². The highest BCUT2D eigenvalue weighted by Crippen LogP contribution is 2.36. The molecule has 2 aliphatic heterocycles. The number of hydrogen-bond donors (Lipinski definition) is 1. The van der Waals surface area contributed by atoms with Crippen LogP contribution >= 0.6 is 23.4 Å². The molecule has 6 nitrogen and oxygen atoms in total. The number of carbonyl (C=O) groups is 2. The lowest BCUT2D eigenvalue weighted by Crippen LogP contribution is -2.40. The molecule has 2 aromatic rings. The van der Waals surface area contributed by atoms with E-state index in [1.807, 2.05) is 12.1 Å². The monoisotopic (exact) mass is 404 g/mol. The topological polar surface area (TPSA) is 67.2 Å². The number of nitrogens with zero attached hydrogens (tertiary/aromatic N) is 3. The zero-order valence-corrected chi connectivity index (χ0v) is 16.5. The second-order valence-electron chi connectivity index (χ2n) is 6.82. The molecule has 1 aromatic heterocycles. The fraction of sp³-hybridized carbons (Fsp3) is 0.421. The number of carbonyl (C=O) groups excluding carboxylic acids is 2. The predicted molar refractivity (Wildman–Crippen MR) is 107 cm³/mol. The number of thioether (sulfide) groups is 1. The number of fused-ring (bicyclic) bond motifs is 1. The van der Waals surface area contributed by atoms with Crippen molar-refractivity contribution < 1.29 is 9.59 Å². The predicted octanol–water partition coefficient (Wildman–Crippen LogP) is 3.61. The van der Waals surface area contributed by atoms with Crippen molar-refractivity contribution >= 4 is 41.0 Å². The highest BCUT2D eigenvalue weighted by Gasteiger charge is 2.28. The number of likely N-dealkylation sites (tertiary alicyclic amines) is 1. The van der Waals surface area contributed by atoms with Crippen LogP contribution in [0.15, 0.2) is 24.3 Å². The summed E-state index contributed by atoms with van der Waals surface area (Å²) in [6.45, 7) is 1.29. The Bertz CT molecular complexity index is 875. The normalized spacial score (nSPS) is 16.7. The van der Waals surface area contributed by atoms with Crippen LogP contribution in [0.3, 0.4) is 0 Å². The first-order chi connectivity index (χ1) is 13.1.